The monoisotopic (exact) mass is 349 g/mol. The molecule has 98 valence electrons. The lowest BCUT2D eigenvalue weighted by atomic mass is 9.92. The summed E-state index contributed by atoms with van der Waals surface area (Å²) in [6.45, 7) is 6.44. The molecule has 3 heteroatoms. The van der Waals surface area contributed by atoms with Gasteiger partial charge in [-0.3, -0.25) is 4.79 Å². The van der Waals surface area contributed by atoms with Crippen LogP contribution in [0, 0.1) is 0 Å². The summed E-state index contributed by atoms with van der Waals surface area (Å²) < 4.78 is 1.17. The van der Waals surface area contributed by atoms with E-state index >= 15 is 0 Å². The van der Waals surface area contributed by atoms with Crippen LogP contribution in [0.5, 0.6) is 0 Å². The summed E-state index contributed by atoms with van der Waals surface area (Å²) in [4.78, 5) is 14.5. The average Bonchev–Trinajstić information content (AvgIpc) is 2.34. The Hall–Kier alpha value is -0.0600. The largest absolute Gasteiger partial charge is 0.369 e. The normalized spacial score (nSPS) is 16.5. The van der Waals surface area contributed by atoms with Gasteiger partial charge in [0.25, 0.3) is 0 Å². The highest BCUT2D eigenvalue weighted by atomic mass is 127. The third-order valence-corrected chi connectivity index (χ3v) is 4.04. The standard InChI is InChI=1S/C14H24INO/c1-3-10-16(11-6-9-15)14-12(4-2)7-5-8-13(14)17/h3-11H2,1-2H3. The molecule has 2 nitrogen and oxygen atoms in total. The minimum absolute atomic E-state index is 0.384. The molecule has 1 aliphatic rings. The fourth-order valence-corrected chi connectivity index (χ4v) is 2.84. The van der Waals surface area contributed by atoms with Gasteiger partial charge >= 0.3 is 0 Å². The van der Waals surface area contributed by atoms with Crippen LogP contribution in [-0.2, 0) is 4.79 Å². The van der Waals surface area contributed by atoms with Crippen LogP contribution in [0.1, 0.15) is 52.4 Å². The fraction of sp³-hybridized carbons (Fsp3) is 0.786. The number of hydrogen-bond donors (Lipinski definition) is 0. The quantitative estimate of drug-likeness (QED) is 0.513. The highest BCUT2D eigenvalue weighted by Crippen LogP contribution is 2.27. The smallest absolute Gasteiger partial charge is 0.178 e. The molecule has 0 heterocycles. The molecule has 1 aliphatic carbocycles. The first-order chi connectivity index (χ1) is 8.24. The highest BCUT2D eigenvalue weighted by molar-refractivity contribution is 14.1. The first kappa shape index (κ1) is 15.0. The number of allylic oxidation sites excluding steroid dienone is 2. The highest BCUT2D eigenvalue weighted by Gasteiger charge is 2.23. The molecule has 0 unspecified atom stereocenters. The maximum absolute atomic E-state index is 12.1. The first-order valence-corrected chi connectivity index (χ1v) is 8.33. The number of rotatable bonds is 7. The maximum atomic E-state index is 12.1. The summed E-state index contributed by atoms with van der Waals surface area (Å²) >= 11 is 2.41. The first-order valence-electron chi connectivity index (χ1n) is 6.80. The molecule has 0 radical (unpaired) electrons. The topological polar surface area (TPSA) is 20.3 Å². The van der Waals surface area contributed by atoms with Crippen molar-refractivity contribution >= 4 is 28.4 Å². The van der Waals surface area contributed by atoms with Gasteiger partial charge in [-0.1, -0.05) is 36.4 Å². The van der Waals surface area contributed by atoms with Gasteiger partial charge in [0.05, 0.1) is 5.70 Å². The van der Waals surface area contributed by atoms with Crippen LogP contribution in [0.15, 0.2) is 11.3 Å². The van der Waals surface area contributed by atoms with Crippen molar-refractivity contribution in [2.75, 3.05) is 17.5 Å². The summed E-state index contributed by atoms with van der Waals surface area (Å²) in [6, 6.07) is 0. The number of Topliss-reactive ketones (excluding diaryl/α,β-unsaturated/α-hetero) is 1. The molecule has 0 aliphatic heterocycles. The van der Waals surface area contributed by atoms with E-state index < -0.39 is 0 Å². The second-order valence-electron chi connectivity index (χ2n) is 4.61. The van der Waals surface area contributed by atoms with Crippen LogP contribution in [0.25, 0.3) is 0 Å². The summed E-state index contributed by atoms with van der Waals surface area (Å²) in [7, 11) is 0. The van der Waals surface area contributed by atoms with Crippen molar-refractivity contribution in [2.45, 2.75) is 52.4 Å². The van der Waals surface area contributed by atoms with Crippen molar-refractivity contribution in [1.82, 2.24) is 4.90 Å². The number of ketones is 1. The van der Waals surface area contributed by atoms with Gasteiger partial charge < -0.3 is 4.90 Å². The second-order valence-corrected chi connectivity index (χ2v) is 5.69. The molecule has 0 aromatic rings. The van der Waals surface area contributed by atoms with Gasteiger partial charge in [-0.05, 0) is 37.7 Å². The number of nitrogens with zero attached hydrogens (tertiary/aromatic N) is 1. The lowest BCUT2D eigenvalue weighted by molar-refractivity contribution is -0.117. The van der Waals surface area contributed by atoms with E-state index in [0.29, 0.717) is 5.78 Å². The average molecular weight is 349 g/mol. The minimum Gasteiger partial charge on any atom is -0.369 e. The van der Waals surface area contributed by atoms with Gasteiger partial charge in [0.1, 0.15) is 0 Å². The Morgan fingerprint density at radius 1 is 1.24 bits per heavy atom. The van der Waals surface area contributed by atoms with Crippen LogP contribution >= 0.6 is 22.6 Å². The van der Waals surface area contributed by atoms with Crippen molar-refractivity contribution < 1.29 is 4.79 Å². The summed E-state index contributed by atoms with van der Waals surface area (Å²) in [5, 5.41) is 0. The molecule has 0 spiro atoms. The molecule has 0 aromatic heterocycles. The lowest BCUT2D eigenvalue weighted by Crippen LogP contribution is -2.32. The van der Waals surface area contributed by atoms with Crippen LogP contribution in [0.4, 0.5) is 0 Å². The predicted molar refractivity (Wildman–Crippen MR) is 81.5 cm³/mol. The zero-order chi connectivity index (χ0) is 12.7. The molecule has 0 N–H and O–H groups in total. The molecule has 0 aromatic carbocycles. The number of carbonyl (C=O) groups is 1. The van der Waals surface area contributed by atoms with Crippen molar-refractivity contribution in [3.63, 3.8) is 0 Å². The van der Waals surface area contributed by atoms with E-state index in [1.807, 2.05) is 0 Å². The molecule has 0 saturated heterocycles. The van der Waals surface area contributed by atoms with E-state index in [-0.39, 0.29) is 0 Å². The van der Waals surface area contributed by atoms with E-state index in [9.17, 15) is 4.79 Å². The van der Waals surface area contributed by atoms with Gasteiger partial charge in [0.2, 0.25) is 0 Å². The third-order valence-electron chi connectivity index (χ3n) is 3.28. The zero-order valence-corrected chi connectivity index (χ0v) is 13.3. The Labute approximate surface area is 119 Å². The number of hydrogen-bond acceptors (Lipinski definition) is 2. The molecule has 17 heavy (non-hydrogen) atoms. The second kappa shape index (κ2) is 8.11. The van der Waals surface area contributed by atoms with Crippen molar-refractivity contribution in [3.8, 4) is 0 Å². The van der Waals surface area contributed by atoms with Gasteiger partial charge in [0, 0.05) is 23.9 Å². The lowest BCUT2D eigenvalue weighted by Gasteiger charge is -2.31. The van der Waals surface area contributed by atoms with Gasteiger partial charge in [-0.15, -0.1) is 0 Å². The number of carbonyl (C=O) groups excluding carboxylic acids is 1. The van der Waals surface area contributed by atoms with Gasteiger partial charge in [-0.2, -0.15) is 0 Å². The number of halogens is 1. The van der Waals surface area contributed by atoms with Crippen LogP contribution in [0.2, 0.25) is 0 Å². The van der Waals surface area contributed by atoms with Crippen LogP contribution < -0.4 is 0 Å². The summed E-state index contributed by atoms with van der Waals surface area (Å²) in [6.07, 6.45) is 6.26. The predicted octanol–water partition coefficient (Wildman–Crippen LogP) is 3.94. The van der Waals surface area contributed by atoms with E-state index in [2.05, 4.69) is 41.3 Å². The van der Waals surface area contributed by atoms with Crippen molar-refractivity contribution in [2.24, 2.45) is 0 Å². The third kappa shape index (κ3) is 4.27. The van der Waals surface area contributed by atoms with Gasteiger partial charge in [-0.25, -0.2) is 0 Å². The van der Waals surface area contributed by atoms with Crippen molar-refractivity contribution in [1.29, 1.82) is 0 Å². The SMILES string of the molecule is CCCN(CCCI)C1=C(CC)CCCC1=O. The Morgan fingerprint density at radius 2 is 2.00 bits per heavy atom. The molecule has 0 bridgehead atoms. The fourth-order valence-electron chi connectivity index (χ4n) is 2.50. The molecular weight excluding hydrogens is 325 g/mol. The minimum atomic E-state index is 0.384. The zero-order valence-electron chi connectivity index (χ0n) is 11.1. The van der Waals surface area contributed by atoms with E-state index in [1.165, 1.54) is 16.4 Å². The Morgan fingerprint density at radius 3 is 2.59 bits per heavy atom. The van der Waals surface area contributed by atoms with Gasteiger partial charge in [0.15, 0.2) is 5.78 Å². The van der Waals surface area contributed by atoms with Crippen LogP contribution in [-0.4, -0.2) is 28.2 Å². The summed E-state index contributed by atoms with van der Waals surface area (Å²) in [5.74, 6) is 0.384. The van der Waals surface area contributed by atoms with E-state index in [1.54, 1.807) is 0 Å². The Bertz CT molecular complexity index is 286. The van der Waals surface area contributed by atoms with Crippen molar-refractivity contribution in [3.05, 3.63) is 11.3 Å². The molecule has 0 atom stereocenters. The molecule has 0 saturated carbocycles. The Kier molecular flexibility index (Phi) is 7.16. The summed E-state index contributed by atoms with van der Waals surface area (Å²) in [5.41, 5.74) is 2.47. The Balaban J connectivity index is 2.86. The molecule has 0 amide bonds. The maximum Gasteiger partial charge on any atom is 0.178 e. The molecular formula is C14H24INO. The van der Waals surface area contributed by atoms with E-state index in [4.69, 9.17) is 0 Å². The molecule has 1 rings (SSSR count). The molecule has 0 fully saturated rings. The van der Waals surface area contributed by atoms with E-state index in [0.717, 1.165) is 50.9 Å². The van der Waals surface area contributed by atoms with Crippen LogP contribution in [0.3, 0.4) is 0 Å². The number of alkyl halides is 1.